The lowest BCUT2D eigenvalue weighted by atomic mass is 9.93. The Morgan fingerprint density at radius 1 is 1.03 bits per heavy atom. The second-order valence-electron chi connectivity index (χ2n) is 10.3. The Labute approximate surface area is 222 Å². The number of aryl methyl sites for hydroxylation is 4. The molecule has 0 radical (unpaired) electrons. The third-order valence-electron chi connectivity index (χ3n) is 7.87. The van der Waals surface area contributed by atoms with Crippen LogP contribution in [0.15, 0.2) is 44.1 Å². The third-order valence-corrected chi connectivity index (χ3v) is 7.87. The Hall–Kier alpha value is -4.53. The number of carbonyl (C=O) groups excluding carboxylic acids is 1. The molecule has 1 atom stereocenters. The predicted molar refractivity (Wildman–Crippen MR) is 145 cm³/mol. The van der Waals surface area contributed by atoms with E-state index in [0.717, 1.165) is 58.9 Å². The number of furan rings is 1. The molecule has 5 aromatic rings. The number of carbonyl (C=O) groups is 2. The van der Waals surface area contributed by atoms with Gasteiger partial charge in [-0.2, -0.15) is 0 Å². The fraction of sp³-hybridized carbons (Fsp3) is 0.300. The second-order valence-corrected chi connectivity index (χ2v) is 10.3. The average Bonchev–Trinajstić information content (AvgIpc) is 3.48. The van der Waals surface area contributed by atoms with Gasteiger partial charge in [0.1, 0.15) is 28.7 Å². The van der Waals surface area contributed by atoms with Crippen molar-refractivity contribution in [3.63, 3.8) is 0 Å². The Kier molecular flexibility index (Phi) is 5.94. The number of aromatic hydroxyl groups is 1. The van der Waals surface area contributed by atoms with Gasteiger partial charge in [-0.15, -0.1) is 0 Å². The summed E-state index contributed by atoms with van der Waals surface area (Å²) in [6, 6.07) is 5.52. The lowest BCUT2D eigenvalue weighted by Crippen LogP contribution is -2.43. The highest BCUT2D eigenvalue weighted by atomic mass is 16.4. The zero-order valence-electron chi connectivity index (χ0n) is 21.6. The molecule has 1 aliphatic rings. The molecule has 9 nitrogen and oxygen atoms in total. The van der Waals surface area contributed by atoms with Gasteiger partial charge in [-0.25, -0.2) is 9.59 Å². The molecule has 39 heavy (non-hydrogen) atoms. The molecule has 0 unspecified atom stereocenters. The molecule has 0 saturated heterocycles. The number of hydrogen-bond donors (Lipinski definition) is 4. The first-order chi connectivity index (χ1) is 18.7. The summed E-state index contributed by atoms with van der Waals surface area (Å²) in [5.41, 5.74) is 4.69. The number of nitrogens with one attached hydrogen (secondary N) is 2. The molecule has 9 heteroatoms. The van der Waals surface area contributed by atoms with Crippen LogP contribution >= 0.6 is 0 Å². The number of carboxylic acid groups (broad SMARTS) is 1. The van der Waals surface area contributed by atoms with Gasteiger partial charge in [-0.1, -0.05) is 0 Å². The van der Waals surface area contributed by atoms with E-state index in [4.69, 9.17) is 8.83 Å². The van der Waals surface area contributed by atoms with Crippen LogP contribution in [0.3, 0.4) is 0 Å². The van der Waals surface area contributed by atoms with Crippen LogP contribution in [0, 0.1) is 13.8 Å². The van der Waals surface area contributed by atoms with Crippen LogP contribution < -0.4 is 10.9 Å². The van der Waals surface area contributed by atoms with Crippen LogP contribution in [0.2, 0.25) is 0 Å². The summed E-state index contributed by atoms with van der Waals surface area (Å²) in [4.78, 5) is 41.1. The smallest absolute Gasteiger partial charge is 0.340 e. The van der Waals surface area contributed by atoms with E-state index in [2.05, 4.69) is 10.3 Å². The molecule has 0 bridgehead atoms. The first kappa shape index (κ1) is 24.8. The fourth-order valence-electron chi connectivity index (χ4n) is 5.78. The van der Waals surface area contributed by atoms with Crippen molar-refractivity contribution in [1.82, 2.24) is 10.3 Å². The van der Waals surface area contributed by atoms with Gasteiger partial charge in [0.05, 0.1) is 12.0 Å². The molecule has 0 fully saturated rings. The summed E-state index contributed by atoms with van der Waals surface area (Å²) in [7, 11) is 0. The van der Waals surface area contributed by atoms with Crippen molar-refractivity contribution in [3.8, 4) is 5.75 Å². The number of carboxylic acids is 1. The van der Waals surface area contributed by atoms with E-state index in [-0.39, 0.29) is 24.2 Å². The Balaban J connectivity index is 1.30. The van der Waals surface area contributed by atoms with Crippen LogP contribution in [-0.4, -0.2) is 33.1 Å². The molecule has 200 valence electrons. The van der Waals surface area contributed by atoms with Crippen molar-refractivity contribution in [1.29, 1.82) is 0 Å². The van der Waals surface area contributed by atoms with Gasteiger partial charge in [0.2, 0.25) is 5.91 Å². The van der Waals surface area contributed by atoms with Gasteiger partial charge in [0.25, 0.3) is 0 Å². The van der Waals surface area contributed by atoms with Crippen LogP contribution in [0.4, 0.5) is 0 Å². The molecular weight excluding hydrogens is 500 g/mol. The highest BCUT2D eigenvalue weighted by Crippen LogP contribution is 2.38. The molecule has 0 saturated carbocycles. The second kappa shape index (κ2) is 9.34. The maximum Gasteiger partial charge on any atom is 0.340 e. The molecule has 1 aliphatic carbocycles. The normalized spacial score (nSPS) is 14.1. The molecular formula is C30H28N2O7. The van der Waals surface area contributed by atoms with Gasteiger partial charge in [0.15, 0.2) is 0 Å². The minimum atomic E-state index is -1.23. The van der Waals surface area contributed by atoms with Crippen LogP contribution in [0.1, 0.15) is 46.4 Å². The summed E-state index contributed by atoms with van der Waals surface area (Å²) in [5.74, 6) is -0.762. The maximum absolute atomic E-state index is 13.0. The van der Waals surface area contributed by atoms with E-state index in [1.165, 1.54) is 11.6 Å². The average molecular weight is 529 g/mol. The summed E-state index contributed by atoms with van der Waals surface area (Å²) >= 11 is 0. The van der Waals surface area contributed by atoms with E-state index in [1.54, 1.807) is 25.3 Å². The van der Waals surface area contributed by atoms with Gasteiger partial charge < -0.3 is 29.3 Å². The van der Waals surface area contributed by atoms with Crippen LogP contribution in [-0.2, 0) is 35.3 Å². The van der Waals surface area contributed by atoms with E-state index in [9.17, 15) is 24.6 Å². The van der Waals surface area contributed by atoms with Gasteiger partial charge in [-0.05, 0) is 68.5 Å². The lowest BCUT2D eigenvalue weighted by molar-refractivity contribution is -0.141. The van der Waals surface area contributed by atoms with Crippen molar-refractivity contribution in [2.24, 2.45) is 0 Å². The zero-order valence-corrected chi connectivity index (χ0v) is 21.6. The standard InChI is InChI=1S/C30H28N2O7/c1-14-19-11-22-18-5-3-4-6-25(18)38-28(22)15(2)27(19)39-30(37)20(14)12-26(34)32-24(29(35)36)9-16-13-31-23-8-7-17(33)10-21(16)23/h7-8,10-11,13,24,31,33H,3-6,9,12H2,1-2H3,(H,32,34)(H,35,36)/t24-/m1/s1. The number of H-pyrrole nitrogens is 1. The van der Waals surface area contributed by atoms with Crippen LogP contribution in [0.25, 0.3) is 32.8 Å². The van der Waals surface area contributed by atoms with E-state index in [1.807, 2.05) is 13.0 Å². The number of fused-ring (bicyclic) bond motifs is 5. The number of phenols is 1. The van der Waals surface area contributed by atoms with Crippen molar-refractivity contribution in [2.75, 3.05) is 0 Å². The van der Waals surface area contributed by atoms with Crippen molar-refractivity contribution < 1.29 is 28.6 Å². The first-order valence-electron chi connectivity index (χ1n) is 13.0. The highest BCUT2D eigenvalue weighted by molar-refractivity contribution is 6.00. The van der Waals surface area contributed by atoms with E-state index in [0.29, 0.717) is 22.1 Å². The first-order valence-corrected chi connectivity index (χ1v) is 13.0. The van der Waals surface area contributed by atoms with Gasteiger partial charge in [0, 0.05) is 51.8 Å². The quantitative estimate of drug-likeness (QED) is 0.236. The largest absolute Gasteiger partial charge is 0.508 e. The summed E-state index contributed by atoms with van der Waals surface area (Å²) in [6.45, 7) is 3.66. The van der Waals surface area contributed by atoms with E-state index < -0.39 is 23.5 Å². The number of aliphatic carboxylic acids is 1. The lowest BCUT2D eigenvalue weighted by Gasteiger charge is -2.15. The molecule has 3 heterocycles. The topological polar surface area (TPSA) is 146 Å². The predicted octanol–water partition coefficient (Wildman–Crippen LogP) is 4.58. The summed E-state index contributed by atoms with van der Waals surface area (Å²) in [5, 5.41) is 24.6. The fourth-order valence-corrected chi connectivity index (χ4v) is 5.78. The monoisotopic (exact) mass is 528 g/mol. The number of rotatable bonds is 6. The number of amides is 1. The van der Waals surface area contributed by atoms with E-state index >= 15 is 0 Å². The molecule has 3 aromatic heterocycles. The number of aromatic amines is 1. The molecule has 1 amide bonds. The third kappa shape index (κ3) is 4.24. The molecule has 2 aromatic carbocycles. The molecule has 6 rings (SSSR count). The Morgan fingerprint density at radius 3 is 2.59 bits per heavy atom. The summed E-state index contributed by atoms with van der Waals surface area (Å²) < 4.78 is 11.9. The van der Waals surface area contributed by atoms with Crippen molar-refractivity contribution in [3.05, 3.63) is 74.5 Å². The zero-order chi connectivity index (χ0) is 27.4. The van der Waals surface area contributed by atoms with Gasteiger partial charge >= 0.3 is 11.6 Å². The van der Waals surface area contributed by atoms with Gasteiger partial charge in [-0.3, -0.25) is 4.79 Å². The highest BCUT2D eigenvalue weighted by Gasteiger charge is 2.26. The molecule has 0 spiro atoms. The number of aromatic nitrogens is 1. The molecule has 0 aliphatic heterocycles. The van der Waals surface area contributed by atoms with Crippen molar-refractivity contribution >= 4 is 44.7 Å². The molecule has 4 N–H and O–H groups in total. The SMILES string of the molecule is Cc1c(CC(=O)N[C@H](Cc2c[nH]c3ccc(O)cc23)C(=O)O)c(=O)oc2c(C)c3oc4c(c3cc12)CCCC4. The Morgan fingerprint density at radius 2 is 1.79 bits per heavy atom. The maximum atomic E-state index is 13.0. The minimum Gasteiger partial charge on any atom is -0.508 e. The number of hydrogen-bond acceptors (Lipinski definition) is 6. The van der Waals surface area contributed by atoms with Crippen molar-refractivity contribution in [2.45, 2.75) is 58.4 Å². The summed E-state index contributed by atoms with van der Waals surface area (Å²) in [6.07, 6.45) is 5.34. The minimum absolute atomic E-state index is 0.00138. The number of phenolic OH excluding ortho intramolecular Hbond substituents is 1. The Bertz CT molecular complexity index is 1860. The van der Waals surface area contributed by atoms with Crippen LogP contribution in [0.5, 0.6) is 5.75 Å². The number of benzene rings is 2.